The maximum atomic E-state index is 13.4. The molecule has 10 nitrogen and oxygen atoms in total. The highest BCUT2D eigenvalue weighted by molar-refractivity contribution is 5.98. The first-order valence-electron chi connectivity index (χ1n) is 12.1. The molecule has 0 spiro atoms. The molecule has 3 rings (SSSR count). The Morgan fingerprint density at radius 1 is 1.00 bits per heavy atom. The topological polar surface area (TPSA) is 125 Å². The van der Waals surface area contributed by atoms with Gasteiger partial charge >= 0.3 is 5.97 Å². The summed E-state index contributed by atoms with van der Waals surface area (Å²) in [6.45, 7) is 3.48. The molecule has 1 aromatic carbocycles. The normalized spacial score (nSPS) is 19.8. The molecule has 0 saturated carbocycles. The van der Waals surface area contributed by atoms with Crippen molar-refractivity contribution in [2.24, 2.45) is 0 Å². The zero-order valence-corrected chi connectivity index (χ0v) is 20.7. The van der Waals surface area contributed by atoms with Crippen molar-refractivity contribution in [1.29, 1.82) is 0 Å². The molecule has 35 heavy (non-hydrogen) atoms. The van der Waals surface area contributed by atoms with Gasteiger partial charge in [-0.2, -0.15) is 0 Å². The lowest BCUT2D eigenvalue weighted by atomic mass is 9.98. The number of fused-ring (bicyclic) bond motifs is 1. The predicted octanol–water partition coefficient (Wildman–Crippen LogP) is 2.17. The van der Waals surface area contributed by atoms with Crippen molar-refractivity contribution in [2.75, 3.05) is 46.9 Å². The predicted molar refractivity (Wildman–Crippen MR) is 130 cm³/mol. The third-order valence-electron chi connectivity index (χ3n) is 6.32. The summed E-state index contributed by atoms with van der Waals surface area (Å²) in [7, 11) is 2.82. The molecule has 0 radical (unpaired) electrons. The Kier molecular flexibility index (Phi) is 12.0. The number of carbonyl (C=O) groups is 4. The van der Waals surface area contributed by atoms with Crippen molar-refractivity contribution in [3.05, 3.63) is 29.3 Å². The molecule has 1 aromatic rings. The number of carbonyl (C=O) groups excluding carboxylic acids is 3. The fourth-order valence-corrected chi connectivity index (χ4v) is 4.57. The Hall–Kier alpha value is -3.14. The number of hydrogen-bond acceptors (Lipinski definition) is 7. The van der Waals surface area contributed by atoms with Crippen LogP contribution in [0.4, 0.5) is 0 Å². The van der Waals surface area contributed by atoms with Gasteiger partial charge in [-0.3, -0.25) is 19.3 Å². The van der Waals surface area contributed by atoms with Gasteiger partial charge in [0.1, 0.15) is 5.75 Å². The maximum absolute atomic E-state index is 13.4. The molecule has 194 valence electrons. The van der Waals surface area contributed by atoms with E-state index in [0.29, 0.717) is 42.9 Å². The number of nitrogens with one attached hydrogen (secondary N) is 1. The van der Waals surface area contributed by atoms with E-state index in [1.165, 1.54) is 14.2 Å². The molecule has 1 unspecified atom stereocenters. The second-order valence-corrected chi connectivity index (χ2v) is 8.64. The second kappa shape index (κ2) is 15.0. The van der Waals surface area contributed by atoms with Gasteiger partial charge in [0.05, 0.1) is 19.8 Å². The number of methoxy groups -OCH3 is 2. The summed E-state index contributed by atoms with van der Waals surface area (Å²) in [5.41, 5.74) is 0.707. The Morgan fingerprint density at radius 2 is 1.66 bits per heavy atom. The van der Waals surface area contributed by atoms with Gasteiger partial charge in [-0.1, -0.05) is 6.42 Å². The number of hydrogen-bond donors (Lipinski definition) is 2. The zero-order chi connectivity index (χ0) is 25.6. The third kappa shape index (κ3) is 8.86. The summed E-state index contributed by atoms with van der Waals surface area (Å²) < 4.78 is 10.1. The average molecular weight is 492 g/mol. The number of amides is 2. The number of nitrogens with zero attached hydrogens (tertiary/aromatic N) is 2. The van der Waals surface area contributed by atoms with Crippen molar-refractivity contribution in [2.45, 2.75) is 51.0 Å². The van der Waals surface area contributed by atoms with Crippen LogP contribution in [0.15, 0.2) is 18.2 Å². The van der Waals surface area contributed by atoms with Gasteiger partial charge in [-0.25, -0.2) is 4.79 Å². The second-order valence-electron chi connectivity index (χ2n) is 8.64. The number of benzene rings is 1. The van der Waals surface area contributed by atoms with Gasteiger partial charge in [-0.05, 0) is 56.8 Å². The molecule has 0 aliphatic carbocycles. The lowest BCUT2D eigenvalue weighted by molar-refractivity contribution is -0.123. The van der Waals surface area contributed by atoms with Gasteiger partial charge in [0.25, 0.3) is 12.4 Å². The van der Waals surface area contributed by atoms with Crippen LogP contribution in [0.3, 0.4) is 0 Å². The van der Waals surface area contributed by atoms with E-state index in [4.69, 9.17) is 19.4 Å². The SMILES string of the molecule is COC(=O)c1cc(OC)cc(C(=O)N2CCCCNC(=O)CC3CCCCN3CCC2)c1.O=CO. The summed E-state index contributed by atoms with van der Waals surface area (Å²) in [6.07, 6.45) is 6.39. The molecule has 2 aliphatic heterocycles. The molecule has 0 aromatic heterocycles. The van der Waals surface area contributed by atoms with Gasteiger partial charge < -0.3 is 24.8 Å². The Labute approximate surface area is 206 Å². The fraction of sp³-hybridized carbons (Fsp3) is 0.600. The number of carboxylic acid groups (broad SMARTS) is 1. The monoisotopic (exact) mass is 491 g/mol. The quantitative estimate of drug-likeness (QED) is 0.487. The molecule has 0 bridgehead atoms. The van der Waals surface area contributed by atoms with Crippen molar-refractivity contribution < 1.29 is 33.8 Å². The fourth-order valence-electron chi connectivity index (χ4n) is 4.57. The van der Waals surface area contributed by atoms with Crippen LogP contribution in [0.1, 0.15) is 65.7 Å². The van der Waals surface area contributed by atoms with E-state index in [2.05, 4.69) is 10.2 Å². The van der Waals surface area contributed by atoms with Crippen molar-refractivity contribution in [3.63, 3.8) is 0 Å². The summed E-state index contributed by atoms with van der Waals surface area (Å²) >= 11 is 0. The highest BCUT2D eigenvalue weighted by Gasteiger charge is 2.25. The van der Waals surface area contributed by atoms with Crippen LogP contribution in [-0.4, -0.2) is 92.1 Å². The molecular weight excluding hydrogens is 454 g/mol. The maximum Gasteiger partial charge on any atom is 0.338 e. The van der Waals surface area contributed by atoms with Crippen molar-refractivity contribution >= 4 is 24.3 Å². The largest absolute Gasteiger partial charge is 0.497 e. The van der Waals surface area contributed by atoms with Crippen LogP contribution in [0, 0.1) is 0 Å². The van der Waals surface area contributed by atoms with Crippen molar-refractivity contribution in [3.8, 4) is 5.75 Å². The first-order valence-corrected chi connectivity index (χ1v) is 12.1. The first kappa shape index (κ1) is 28.1. The van der Waals surface area contributed by atoms with E-state index in [1.54, 1.807) is 18.2 Å². The lowest BCUT2D eigenvalue weighted by Gasteiger charge is -2.35. The van der Waals surface area contributed by atoms with Crippen LogP contribution >= 0.6 is 0 Å². The molecule has 2 N–H and O–H groups in total. The van der Waals surface area contributed by atoms with Gasteiger partial charge in [0, 0.05) is 44.2 Å². The Bertz CT molecular complexity index is 861. The Morgan fingerprint density at radius 3 is 2.37 bits per heavy atom. The zero-order valence-electron chi connectivity index (χ0n) is 20.7. The Balaban J connectivity index is 0.00000137. The van der Waals surface area contributed by atoms with Crippen molar-refractivity contribution in [1.82, 2.24) is 15.1 Å². The van der Waals surface area contributed by atoms with E-state index >= 15 is 0 Å². The highest BCUT2D eigenvalue weighted by atomic mass is 16.5. The summed E-state index contributed by atoms with van der Waals surface area (Å²) in [5.74, 6) is -0.0558. The summed E-state index contributed by atoms with van der Waals surface area (Å²) in [6, 6.07) is 5.09. The summed E-state index contributed by atoms with van der Waals surface area (Å²) in [4.78, 5) is 50.4. The van der Waals surface area contributed by atoms with Crippen LogP contribution in [0.25, 0.3) is 0 Å². The molecule has 2 amide bonds. The minimum absolute atomic E-state index is 0.122. The molecule has 2 fully saturated rings. The lowest BCUT2D eigenvalue weighted by Crippen LogP contribution is -2.44. The number of ether oxygens (including phenoxy) is 2. The van der Waals surface area contributed by atoms with E-state index in [1.807, 2.05) is 4.90 Å². The molecule has 2 heterocycles. The van der Waals surface area contributed by atoms with Crippen LogP contribution in [0.2, 0.25) is 0 Å². The smallest absolute Gasteiger partial charge is 0.338 e. The third-order valence-corrected chi connectivity index (χ3v) is 6.32. The van der Waals surface area contributed by atoms with E-state index in [9.17, 15) is 14.4 Å². The molecule has 2 aliphatic rings. The van der Waals surface area contributed by atoms with E-state index < -0.39 is 5.97 Å². The minimum Gasteiger partial charge on any atom is -0.497 e. The first-order chi connectivity index (χ1) is 16.9. The standard InChI is InChI=1S/C24H35N3O5.CH2O2/c1-31-21-15-18(14-19(16-21)24(30)32-2)23(29)27-11-6-4-9-25-22(28)17-20-8-3-5-10-26(20)12-7-13-27;2-1-3/h14-16,20H,3-13,17H2,1-2H3,(H,25,28);1H,(H,2,3). The molecule has 10 heteroatoms. The van der Waals surface area contributed by atoms with Gasteiger partial charge in [0.2, 0.25) is 5.91 Å². The van der Waals surface area contributed by atoms with Gasteiger partial charge in [-0.15, -0.1) is 0 Å². The minimum atomic E-state index is -0.505. The highest BCUT2D eigenvalue weighted by Crippen LogP contribution is 2.22. The van der Waals surface area contributed by atoms with Crippen LogP contribution < -0.4 is 10.1 Å². The molecular formula is C25H37N3O7. The number of esters is 1. The summed E-state index contributed by atoms with van der Waals surface area (Å²) in [5, 5.41) is 9.92. The molecule has 1 atom stereocenters. The van der Waals surface area contributed by atoms with Crippen LogP contribution in [0.5, 0.6) is 5.75 Å². The number of piperidine rings is 1. The number of rotatable bonds is 3. The van der Waals surface area contributed by atoms with Crippen LogP contribution in [-0.2, 0) is 14.3 Å². The van der Waals surface area contributed by atoms with E-state index in [-0.39, 0.29) is 24.3 Å². The molecule has 2 saturated heterocycles. The van der Waals surface area contributed by atoms with Gasteiger partial charge in [0.15, 0.2) is 0 Å². The van der Waals surface area contributed by atoms with E-state index in [0.717, 1.165) is 51.6 Å². The average Bonchev–Trinajstić information content (AvgIpc) is 2.88.